The van der Waals surface area contributed by atoms with Crippen LogP contribution in [0.3, 0.4) is 0 Å². The van der Waals surface area contributed by atoms with Crippen molar-refractivity contribution in [3.8, 4) is 0 Å². The predicted octanol–water partition coefficient (Wildman–Crippen LogP) is 5.03. The van der Waals surface area contributed by atoms with Gasteiger partial charge in [0.05, 0.1) is 32.6 Å². The summed E-state index contributed by atoms with van der Waals surface area (Å²) in [7, 11) is -3.50. The van der Waals surface area contributed by atoms with Gasteiger partial charge in [0, 0.05) is 11.8 Å². The van der Waals surface area contributed by atoms with Gasteiger partial charge in [0.2, 0.25) is 0 Å². The molecule has 0 atom stereocenters. The second kappa shape index (κ2) is 8.80. The van der Waals surface area contributed by atoms with Crippen molar-refractivity contribution in [2.45, 2.75) is 37.5 Å². The molecule has 2 heterocycles. The smallest absolute Gasteiger partial charge is 0.260 e. The van der Waals surface area contributed by atoms with E-state index in [-0.39, 0.29) is 22.9 Å². The molecule has 0 N–H and O–H groups in total. The van der Waals surface area contributed by atoms with E-state index in [1.165, 1.54) is 23.5 Å². The Morgan fingerprint density at radius 2 is 1.88 bits per heavy atom. The second-order valence-corrected chi connectivity index (χ2v) is 11.3. The minimum atomic E-state index is -3.50. The highest BCUT2D eigenvalue weighted by atomic mass is 32.2. The first-order valence-corrected chi connectivity index (χ1v) is 12.5. The number of rotatable bonds is 6. The number of aromatic nitrogens is 2. The van der Waals surface area contributed by atoms with E-state index < -0.39 is 15.1 Å². The van der Waals surface area contributed by atoms with Gasteiger partial charge in [0.25, 0.3) is 5.91 Å². The summed E-state index contributed by atoms with van der Waals surface area (Å²) in [5, 5.41) is -0.0386. The molecular formula is C24H23N3O3S2. The topological polar surface area (TPSA) is 80.2 Å². The van der Waals surface area contributed by atoms with Gasteiger partial charge in [-0.3, -0.25) is 14.7 Å². The maximum atomic E-state index is 13.6. The zero-order chi connectivity index (χ0) is 22.9. The molecule has 4 aromatic rings. The van der Waals surface area contributed by atoms with Gasteiger partial charge in [-0.1, -0.05) is 29.5 Å². The van der Waals surface area contributed by atoms with Gasteiger partial charge in [0.1, 0.15) is 0 Å². The Labute approximate surface area is 191 Å². The molecule has 0 saturated carbocycles. The molecule has 8 heteroatoms. The number of amides is 1. The van der Waals surface area contributed by atoms with E-state index in [9.17, 15) is 13.2 Å². The Balaban J connectivity index is 1.78. The molecule has 2 aromatic carbocycles. The number of carbonyl (C=O) groups excluding carboxylic acids is 1. The molecule has 4 rings (SSSR count). The number of hydrogen-bond donors (Lipinski definition) is 0. The summed E-state index contributed by atoms with van der Waals surface area (Å²) in [4.78, 5) is 24.3. The van der Waals surface area contributed by atoms with Crippen LogP contribution in [-0.4, -0.2) is 29.5 Å². The van der Waals surface area contributed by atoms with Crippen LogP contribution in [0.5, 0.6) is 0 Å². The van der Waals surface area contributed by atoms with Gasteiger partial charge in [-0.15, -0.1) is 0 Å². The van der Waals surface area contributed by atoms with Crippen LogP contribution < -0.4 is 4.90 Å². The number of nitrogens with zero attached hydrogens (tertiary/aromatic N) is 3. The van der Waals surface area contributed by atoms with Crippen LogP contribution >= 0.6 is 11.3 Å². The fourth-order valence-corrected chi connectivity index (χ4v) is 5.41. The van der Waals surface area contributed by atoms with Crippen molar-refractivity contribution in [3.05, 3.63) is 83.7 Å². The summed E-state index contributed by atoms with van der Waals surface area (Å²) >= 11 is 1.42. The van der Waals surface area contributed by atoms with Gasteiger partial charge in [0.15, 0.2) is 15.0 Å². The molecule has 6 nitrogen and oxygen atoms in total. The van der Waals surface area contributed by atoms with Crippen molar-refractivity contribution in [1.29, 1.82) is 0 Å². The summed E-state index contributed by atoms with van der Waals surface area (Å²) < 4.78 is 26.3. The Hall–Kier alpha value is -3.10. The van der Waals surface area contributed by atoms with E-state index in [0.717, 1.165) is 15.8 Å². The number of carbonyl (C=O) groups is 1. The SMILES string of the molecule is Cc1ccc2nc(N(Cc3ccccn3)C(=O)c3cccc(S(=O)(=O)C(C)C)c3)sc2c1. The van der Waals surface area contributed by atoms with Crippen LogP contribution in [0.25, 0.3) is 10.2 Å². The predicted molar refractivity (Wildman–Crippen MR) is 128 cm³/mol. The van der Waals surface area contributed by atoms with Gasteiger partial charge in [-0.05, 0) is 68.8 Å². The summed E-state index contributed by atoms with van der Waals surface area (Å²) in [5.41, 5.74) is 2.92. The second-order valence-electron chi connectivity index (χ2n) is 7.80. The highest BCUT2D eigenvalue weighted by molar-refractivity contribution is 7.92. The number of fused-ring (bicyclic) bond motifs is 1. The van der Waals surface area contributed by atoms with Crippen molar-refractivity contribution in [3.63, 3.8) is 0 Å². The lowest BCUT2D eigenvalue weighted by atomic mass is 10.2. The lowest BCUT2D eigenvalue weighted by Gasteiger charge is -2.20. The maximum absolute atomic E-state index is 13.6. The number of benzene rings is 2. The third-order valence-electron chi connectivity index (χ3n) is 5.09. The third kappa shape index (κ3) is 4.42. The maximum Gasteiger partial charge on any atom is 0.260 e. The molecule has 0 bridgehead atoms. The minimum absolute atomic E-state index is 0.135. The van der Waals surface area contributed by atoms with Crippen molar-refractivity contribution in [2.24, 2.45) is 0 Å². The van der Waals surface area contributed by atoms with Crippen LogP contribution in [0.1, 0.15) is 35.5 Å². The fraction of sp³-hybridized carbons (Fsp3) is 0.208. The van der Waals surface area contributed by atoms with Gasteiger partial charge in [-0.2, -0.15) is 0 Å². The van der Waals surface area contributed by atoms with Crippen LogP contribution in [0.4, 0.5) is 5.13 Å². The van der Waals surface area contributed by atoms with E-state index in [4.69, 9.17) is 0 Å². The normalized spacial score (nSPS) is 11.8. The van der Waals surface area contributed by atoms with Crippen molar-refractivity contribution in [1.82, 2.24) is 9.97 Å². The number of pyridine rings is 1. The molecule has 164 valence electrons. The van der Waals surface area contributed by atoms with E-state index >= 15 is 0 Å². The van der Waals surface area contributed by atoms with Crippen LogP contribution in [0.2, 0.25) is 0 Å². The van der Waals surface area contributed by atoms with Crippen molar-refractivity contribution >= 4 is 42.4 Å². The number of hydrogen-bond acceptors (Lipinski definition) is 6. The standard InChI is InChI=1S/C24H23N3O3S2/c1-16(2)32(29,30)20-9-6-7-18(14-20)23(28)27(15-19-8-4-5-12-25-19)24-26-21-11-10-17(3)13-22(21)31-24/h4-14,16H,15H2,1-3H3. The zero-order valence-corrected chi connectivity index (χ0v) is 19.7. The summed E-state index contributed by atoms with van der Waals surface area (Å²) in [6, 6.07) is 17.7. The number of sulfone groups is 1. The van der Waals surface area contributed by atoms with Gasteiger partial charge in [-0.25, -0.2) is 13.4 Å². The average molecular weight is 466 g/mol. The van der Waals surface area contributed by atoms with Gasteiger partial charge >= 0.3 is 0 Å². The molecule has 0 radical (unpaired) electrons. The molecule has 0 aliphatic heterocycles. The summed E-state index contributed by atoms with van der Waals surface area (Å²) in [5.74, 6) is -0.327. The molecule has 0 aliphatic rings. The average Bonchev–Trinajstić information content (AvgIpc) is 3.20. The highest BCUT2D eigenvalue weighted by Crippen LogP contribution is 2.31. The first-order chi connectivity index (χ1) is 15.3. The Kier molecular flexibility index (Phi) is 6.08. The quantitative estimate of drug-likeness (QED) is 0.399. The first-order valence-electron chi connectivity index (χ1n) is 10.2. The largest absolute Gasteiger partial charge is 0.278 e. The van der Waals surface area contributed by atoms with Crippen LogP contribution in [0, 0.1) is 6.92 Å². The van der Waals surface area contributed by atoms with Crippen LogP contribution in [-0.2, 0) is 16.4 Å². The van der Waals surface area contributed by atoms with Gasteiger partial charge < -0.3 is 0 Å². The number of aryl methyl sites for hydroxylation is 1. The monoisotopic (exact) mass is 465 g/mol. The fourth-order valence-electron chi connectivity index (χ4n) is 3.25. The molecule has 0 saturated heterocycles. The van der Waals surface area contributed by atoms with E-state index in [1.807, 2.05) is 43.3 Å². The van der Waals surface area contributed by atoms with E-state index in [0.29, 0.717) is 10.8 Å². The molecule has 2 aromatic heterocycles. The summed E-state index contributed by atoms with van der Waals surface area (Å²) in [6.45, 7) is 5.48. The lowest BCUT2D eigenvalue weighted by molar-refractivity contribution is 0.0984. The molecule has 0 fully saturated rings. The number of anilines is 1. The first kappa shape index (κ1) is 22.1. The van der Waals surface area contributed by atoms with Crippen molar-refractivity contribution in [2.75, 3.05) is 4.90 Å². The highest BCUT2D eigenvalue weighted by Gasteiger charge is 2.25. The molecule has 0 unspecified atom stereocenters. The minimum Gasteiger partial charge on any atom is -0.278 e. The van der Waals surface area contributed by atoms with E-state index in [2.05, 4.69) is 9.97 Å². The Morgan fingerprint density at radius 1 is 1.06 bits per heavy atom. The molecular weight excluding hydrogens is 442 g/mol. The molecule has 0 spiro atoms. The van der Waals surface area contributed by atoms with Crippen molar-refractivity contribution < 1.29 is 13.2 Å². The van der Waals surface area contributed by atoms with E-state index in [1.54, 1.807) is 37.1 Å². The molecule has 0 aliphatic carbocycles. The Morgan fingerprint density at radius 3 is 2.59 bits per heavy atom. The van der Waals surface area contributed by atoms with Crippen LogP contribution in [0.15, 0.2) is 71.8 Å². The lowest BCUT2D eigenvalue weighted by Crippen LogP contribution is -2.31. The Bertz CT molecular complexity index is 1380. The summed E-state index contributed by atoms with van der Waals surface area (Å²) in [6.07, 6.45) is 1.68. The molecule has 1 amide bonds. The zero-order valence-electron chi connectivity index (χ0n) is 18.0. The molecule has 32 heavy (non-hydrogen) atoms. The third-order valence-corrected chi connectivity index (χ3v) is 8.28. The number of thiazole rings is 1.